The molecule has 1 atom stereocenters. The summed E-state index contributed by atoms with van der Waals surface area (Å²) in [6.07, 6.45) is 2.08. The monoisotopic (exact) mass is 248 g/mol. The van der Waals surface area contributed by atoms with E-state index in [1.807, 2.05) is 0 Å². The molecule has 1 aliphatic heterocycles. The van der Waals surface area contributed by atoms with E-state index in [0.717, 1.165) is 12.8 Å². The highest BCUT2D eigenvalue weighted by Crippen LogP contribution is 2.17. The van der Waals surface area contributed by atoms with E-state index < -0.39 is 9.84 Å². The Balaban J connectivity index is 2.52. The molecule has 1 unspecified atom stereocenters. The van der Waals surface area contributed by atoms with E-state index >= 15 is 0 Å². The van der Waals surface area contributed by atoms with Gasteiger partial charge in [0.25, 0.3) is 0 Å². The molecule has 0 aromatic rings. The molecule has 1 saturated heterocycles. The average molecular weight is 248 g/mol. The number of rotatable bonds is 5. The van der Waals surface area contributed by atoms with Gasteiger partial charge >= 0.3 is 0 Å². The Bertz CT molecular complexity index is 287. The largest absolute Gasteiger partial charge is 0.330 e. The van der Waals surface area contributed by atoms with Gasteiger partial charge in [0.1, 0.15) is 0 Å². The molecule has 0 spiro atoms. The zero-order valence-corrected chi connectivity index (χ0v) is 11.2. The van der Waals surface area contributed by atoms with E-state index in [9.17, 15) is 8.42 Å². The van der Waals surface area contributed by atoms with Crippen LogP contribution in [0.4, 0.5) is 0 Å². The first-order valence-corrected chi connectivity index (χ1v) is 7.91. The van der Waals surface area contributed by atoms with E-state index in [1.54, 1.807) is 0 Å². The summed E-state index contributed by atoms with van der Waals surface area (Å²) in [7, 11) is -2.77. The van der Waals surface area contributed by atoms with E-state index in [-0.39, 0.29) is 0 Å². The predicted molar refractivity (Wildman–Crippen MR) is 67.1 cm³/mol. The highest BCUT2D eigenvalue weighted by atomic mass is 32.2. The Morgan fingerprint density at radius 2 is 1.81 bits per heavy atom. The summed E-state index contributed by atoms with van der Waals surface area (Å²) >= 11 is 0. The molecule has 0 bridgehead atoms. The van der Waals surface area contributed by atoms with E-state index in [0.29, 0.717) is 43.1 Å². The van der Waals surface area contributed by atoms with Gasteiger partial charge in [-0.2, -0.15) is 0 Å². The van der Waals surface area contributed by atoms with Crippen molar-refractivity contribution in [2.75, 3.05) is 31.1 Å². The van der Waals surface area contributed by atoms with Crippen LogP contribution < -0.4 is 5.73 Å². The zero-order valence-electron chi connectivity index (χ0n) is 10.4. The summed E-state index contributed by atoms with van der Waals surface area (Å²) in [4.78, 5) is 2.30. The van der Waals surface area contributed by atoms with Gasteiger partial charge in [-0.05, 0) is 25.3 Å². The van der Waals surface area contributed by atoms with Gasteiger partial charge in [-0.1, -0.05) is 13.8 Å². The molecule has 0 amide bonds. The predicted octanol–water partition coefficient (Wildman–Crippen LogP) is 0.480. The molecular formula is C11H24N2O2S. The van der Waals surface area contributed by atoms with Gasteiger partial charge in [-0.15, -0.1) is 0 Å². The Labute approximate surface area is 99.1 Å². The minimum absolute atomic E-state index is 0.312. The van der Waals surface area contributed by atoms with Crippen molar-refractivity contribution in [1.29, 1.82) is 0 Å². The van der Waals surface area contributed by atoms with Crippen molar-refractivity contribution in [1.82, 2.24) is 4.90 Å². The third-order valence-electron chi connectivity index (χ3n) is 3.14. The van der Waals surface area contributed by atoms with Crippen molar-refractivity contribution < 1.29 is 8.42 Å². The molecule has 16 heavy (non-hydrogen) atoms. The third-order valence-corrected chi connectivity index (χ3v) is 4.75. The lowest BCUT2D eigenvalue weighted by Gasteiger charge is -2.35. The quantitative estimate of drug-likeness (QED) is 0.768. The summed E-state index contributed by atoms with van der Waals surface area (Å²) in [5.41, 5.74) is 5.62. The van der Waals surface area contributed by atoms with Gasteiger partial charge in [-0.3, -0.25) is 4.90 Å². The fraction of sp³-hybridized carbons (Fsp3) is 1.00. The molecule has 96 valence electrons. The summed E-state index contributed by atoms with van der Waals surface area (Å²) in [5.74, 6) is 1.26. The lowest BCUT2D eigenvalue weighted by molar-refractivity contribution is 0.179. The van der Waals surface area contributed by atoms with Crippen LogP contribution in [0.3, 0.4) is 0 Å². The lowest BCUT2D eigenvalue weighted by Crippen LogP contribution is -2.47. The first-order valence-electron chi connectivity index (χ1n) is 6.09. The van der Waals surface area contributed by atoms with Gasteiger partial charge in [0, 0.05) is 19.1 Å². The molecule has 0 saturated carbocycles. The van der Waals surface area contributed by atoms with Gasteiger partial charge in [0.05, 0.1) is 11.5 Å². The van der Waals surface area contributed by atoms with Crippen LogP contribution in [-0.2, 0) is 9.84 Å². The van der Waals surface area contributed by atoms with Crippen molar-refractivity contribution in [3.8, 4) is 0 Å². The Hall–Kier alpha value is -0.130. The molecule has 2 N–H and O–H groups in total. The molecule has 1 rings (SSSR count). The van der Waals surface area contributed by atoms with Crippen LogP contribution in [0.25, 0.3) is 0 Å². The van der Waals surface area contributed by atoms with E-state index in [2.05, 4.69) is 18.7 Å². The van der Waals surface area contributed by atoms with Gasteiger partial charge in [0.15, 0.2) is 9.84 Å². The smallest absolute Gasteiger partial charge is 0.152 e. The minimum atomic E-state index is -2.77. The first-order chi connectivity index (χ1) is 7.44. The van der Waals surface area contributed by atoms with Crippen molar-refractivity contribution in [2.24, 2.45) is 11.7 Å². The van der Waals surface area contributed by atoms with Crippen molar-refractivity contribution >= 4 is 9.84 Å². The normalized spacial score (nSPS) is 23.5. The molecule has 0 radical (unpaired) electrons. The third kappa shape index (κ3) is 4.39. The summed E-state index contributed by atoms with van der Waals surface area (Å²) in [6, 6.07) is 0.459. The van der Waals surface area contributed by atoms with Crippen molar-refractivity contribution in [3.05, 3.63) is 0 Å². The second-order valence-electron chi connectivity index (χ2n) is 5.05. The van der Waals surface area contributed by atoms with Crippen LogP contribution in [0, 0.1) is 5.92 Å². The average Bonchev–Trinajstić information content (AvgIpc) is 2.16. The van der Waals surface area contributed by atoms with E-state index in [4.69, 9.17) is 5.73 Å². The van der Waals surface area contributed by atoms with Crippen molar-refractivity contribution in [2.45, 2.75) is 32.7 Å². The second-order valence-corrected chi connectivity index (χ2v) is 7.35. The van der Waals surface area contributed by atoms with Crippen molar-refractivity contribution in [3.63, 3.8) is 0 Å². The summed E-state index contributed by atoms with van der Waals surface area (Å²) in [6.45, 7) is 6.44. The molecule has 1 heterocycles. The second kappa shape index (κ2) is 5.98. The first kappa shape index (κ1) is 13.9. The number of hydrogen-bond acceptors (Lipinski definition) is 4. The molecule has 0 aromatic carbocycles. The number of hydrogen-bond donors (Lipinski definition) is 1. The minimum Gasteiger partial charge on any atom is -0.330 e. The Morgan fingerprint density at radius 3 is 2.25 bits per heavy atom. The molecule has 1 aliphatic rings. The number of sulfone groups is 1. The maximum Gasteiger partial charge on any atom is 0.152 e. The van der Waals surface area contributed by atoms with Gasteiger partial charge < -0.3 is 5.73 Å². The van der Waals surface area contributed by atoms with Gasteiger partial charge in [0.2, 0.25) is 0 Å². The molecule has 4 nitrogen and oxygen atoms in total. The number of nitrogens with two attached hydrogens (primary N) is 1. The molecule has 1 fully saturated rings. The molecular weight excluding hydrogens is 224 g/mol. The van der Waals surface area contributed by atoms with Gasteiger partial charge in [-0.25, -0.2) is 8.42 Å². The summed E-state index contributed by atoms with van der Waals surface area (Å²) in [5, 5.41) is 0. The molecule has 0 aliphatic carbocycles. The van der Waals surface area contributed by atoms with Crippen LogP contribution in [0.2, 0.25) is 0 Å². The SMILES string of the molecule is CC(C)CC(CCN)N1CCS(=O)(=O)CC1. The maximum absolute atomic E-state index is 11.3. The van der Waals surface area contributed by atoms with Crippen LogP contribution in [-0.4, -0.2) is 50.5 Å². The zero-order chi connectivity index (χ0) is 12.2. The molecule has 0 aromatic heterocycles. The number of nitrogens with zero attached hydrogens (tertiary/aromatic N) is 1. The maximum atomic E-state index is 11.3. The lowest BCUT2D eigenvalue weighted by atomic mass is 9.99. The highest BCUT2D eigenvalue weighted by molar-refractivity contribution is 7.91. The summed E-state index contributed by atoms with van der Waals surface area (Å²) < 4.78 is 22.7. The van der Waals surface area contributed by atoms with Crippen LogP contribution in [0.5, 0.6) is 0 Å². The van der Waals surface area contributed by atoms with E-state index in [1.165, 1.54) is 0 Å². The fourth-order valence-electron chi connectivity index (χ4n) is 2.28. The van der Waals surface area contributed by atoms with Crippen LogP contribution in [0.15, 0.2) is 0 Å². The molecule has 5 heteroatoms. The standard InChI is InChI=1S/C11H24N2O2S/c1-10(2)9-11(3-4-12)13-5-7-16(14,15)8-6-13/h10-11H,3-9,12H2,1-2H3. The highest BCUT2D eigenvalue weighted by Gasteiger charge is 2.26. The Morgan fingerprint density at radius 1 is 1.25 bits per heavy atom. The topological polar surface area (TPSA) is 63.4 Å². The van der Waals surface area contributed by atoms with Crippen LogP contribution >= 0.6 is 0 Å². The Kier molecular flexibility index (Phi) is 5.21. The van der Waals surface area contributed by atoms with Crippen LogP contribution in [0.1, 0.15) is 26.7 Å². The fourth-order valence-corrected chi connectivity index (χ4v) is 3.51.